The summed E-state index contributed by atoms with van der Waals surface area (Å²) >= 11 is 1.12. The molecule has 0 radical (unpaired) electrons. The van der Waals surface area contributed by atoms with Crippen LogP contribution >= 0.6 is 11.3 Å². The van der Waals surface area contributed by atoms with Crippen molar-refractivity contribution in [3.05, 3.63) is 52.2 Å². The van der Waals surface area contributed by atoms with Gasteiger partial charge in [-0.3, -0.25) is 9.59 Å². The van der Waals surface area contributed by atoms with Gasteiger partial charge in [0.15, 0.2) is 13.4 Å². The summed E-state index contributed by atoms with van der Waals surface area (Å²) in [5, 5.41) is 4.31. The molecule has 0 atom stereocenters. The highest BCUT2D eigenvalue weighted by Gasteiger charge is 2.16. The number of fused-ring (bicyclic) bond motifs is 1. The maximum atomic E-state index is 13.7. The molecule has 1 aliphatic rings. The minimum absolute atomic E-state index is 0.0279. The van der Waals surface area contributed by atoms with Crippen molar-refractivity contribution in [3.63, 3.8) is 0 Å². The average Bonchev–Trinajstić information content (AvgIpc) is 3.12. The predicted molar refractivity (Wildman–Crippen MR) is 98.1 cm³/mol. The lowest BCUT2D eigenvalue weighted by Gasteiger charge is -2.19. The Morgan fingerprint density at radius 2 is 2.18 bits per heavy atom. The van der Waals surface area contributed by atoms with Crippen LogP contribution in [0.2, 0.25) is 0 Å². The third-order valence-corrected chi connectivity index (χ3v) is 4.46. The second kappa shape index (κ2) is 8.63. The first-order valence-electron chi connectivity index (χ1n) is 7.99. The largest absolute Gasteiger partial charge is 0.467 e. The number of esters is 1. The van der Waals surface area contributed by atoms with Gasteiger partial charge < -0.3 is 25.3 Å². The van der Waals surface area contributed by atoms with Crippen molar-refractivity contribution in [1.29, 1.82) is 0 Å². The monoisotopic (exact) mass is 406 g/mol. The number of nitrogens with two attached hydrogens (primary N) is 1. The molecule has 0 saturated heterocycles. The van der Waals surface area contributed by atoms with Gasteiger partial charge in [0.2, 0.25) is 0 Å². The number of amides is 2. The maximum Gasteiger partial charge on any atom is 0.331 e. The molecular formula is C18H15FN2O6S. The third-order valence-electron chi connectivity index (χ3n) is 3.63. The summed E-state index contributed by atoms with van der Waals surface area (Å²) in [6.07, 6.45) is 2.39. The highest BCUT2D eigenvalue weighted by molar-refractivity contribution is 7.14. The van der Waals surface area contributed by atoms with Crippen LogP contribution < -0.4 is 15.8 Å². The molecule has 10 heteroatoms. The molecule has 2 amide bonds. The van der Waals surface area contributed by atoms with Gasteiger partial charge in [0.25, 0.3) is 11.8 Å². The lowest BCUT2D eigenvalue weighted by atomic mass is 10.1. The zero-order valence-corrected chi connectivity index (χ0v) is 15.2. The first-order valence-corrected chi connectivity index (χ1v) is 8.87. The van der Waals surface area contributed by atoms with Crippen LogP contribution in [0.3, 0.4) is 0 Å². The number of ether oxygens (including phenoxy) is 3. The molecule has 0 aliphatic carbocycles. The van der Waals surface area contributed by atoms with E-state index in [1.807, 2.05) is 0 Å². The van der Waals surface area contributed by atoms with Crippen molar-refractivity contribution in [2.45, 2.75) is 6.61 Å². The smallest absolute Gasteiger partial charge is 0.331 e. The Bertz CT molecular complexity index is 956. The van der Waals surface area contributed by atoms with Gasteiger partial charge >= 0.3 is 5.97 Å². The second-order valence-electron chi connectivity index (χ2n) is 5.61. The fourth-order valence-electron chi connectivity index (χ4n) is 2.44. The van der Waals surface area contributed by atoms with Crippen molar-refractivity contribution in [2.75, 3.05) is 18.7 Å². The molecule has 3 rings (SSSR count). The Morgan fingerprint density at radius 1 is 1.36 bits per heavy atom. The number of halogens is 1. The van der Waals surface area contributed by atoms with E-state index in [9.17, 15) is 18.8 Å². The normalized spacial score (nSPS) is 12.9. The van der Waals surface area contributed by atoms with Crippen LogP contribution in [0.1, 0.15) is 21.5 Å². The number of primary amides is 1. The van der Waals surface area contributed by atoms with E-state index in [1.165, 1.54) is 24.3 Å². The molecule has 1 aromatic carbocycles. The lowest BCUT2D eigenvalue weighted by Crippen LogP contribution is -2.21. The Morgan fingerprint density at radius 3 is 2.96 bits per heavy atom. The molecule has 0 saturated carbocycles. The fraction of sp³-hybridized carbons (Fsp3) is 0.167. The number of carbonyl (C=O) groups is 3. The van der Waals surface area contributed by atoms with Gasteiger partial charge in [-0.25, -0.2) is 9.18 Å². The summed E-state index contributed by atoms with van der Waals surface area (Å²) in [5.41, 5.74) is 6.24. The molecule has 146 valence electrons. The number of nitrogens with one attached hydrogen (secondary N) is 1. The first-order chi connectivity index (χ1) is 13.4. The van der Waals surface area contributed by atoms with Gasteiger partial charge in [-0.15, -0.1) is 11.3 Å². The van der Waals surface area contributed by atoms with E-state index in [1.54, 1.807) is 5.38 Å². The zero-order chi connectivity index (χ0) is 20.1. The van der Waals surface area contributed by atoms with E-state index >= 15 is 0 Å². The predicted octanol–water partition coefficient (Wildman–Crippen LogP) is 2.05. The fourth-order valence-corrected chi connectivity index (χ4v) is 3.25. The van der Waals surface area contributed by atoms with Crippen molar-refractivity contribution >= 4 is 40.2 Å². The topological polar surface area (TPSA) is 117 Å². The van der Waals surface area contributed by atoms with E-state index < -0.39 is 30.2 Å². The standard InChI is InChI=1S/C18H15FN2O6S/c19-12-5-10(16-11(6-12)7-25-9-27-16)1-2-15(23)26-8-14(22)21-18-13(17(20)24)3-4-28-18/h1-6H,7-9H2,(H2,20,24)(H,21,22)/b2-1+. The minimum Gasteiger partial charge on any atom is -0.467 e. The molecule has 0 unspecified atom stereocenters. The van der Waals surface area contributed by atoms with Gasteiger partial charge in [0.1, 0.15) is 16.6 Å². The van der Waals surface area contributed by atoms with E-state index in [0.717, 1.165) is 17.4 Å². The number of thiophene rings is 1. The number of hydrogen-bond donors (Lipinski definition) is 2. The van der Waals surface area contributed by atoms with Crippen LogP contribution in [0.4, 0.5) is 9.39 Å². The van der Waals surface area contributed by atoms with Crippen LogP contribution in [0.5, 0.6) is 5.75 Å². The number of anilines is 1. The van der Waals surface area contributed by atoms with Gasteiger partial charge in [-0.1, -0.05) is 0 Å². The Kier molecular flexibility index (Phi) is 6.02. The molecule has 0 bridgehead atoms. The highest BCUT2D eigenvalue weighted by atomic mass is 32.1. The Labute approximate surface area is 162 Å². The minimum atomic E-state index is -0.804. The van der Waals surface area contributed by atoms with Crippen molar-refractivity contribution in [1.82, 2.24) is 0 Å². The van der Waals surface area contributed by atoms with Gasteiger partial charge in [-0.2, -0.15) is 0 Å². The molecular weight excluding hydrogens is 391 g/mol. The number of hydrogen-bond acceptors (Lipinski definition) is 7. The van der Waals surface area contributed by atoms with Crippen LogP contribution in [0, 0.1) is 5.82 Å². The number of carbonyl (C=O) groups excluding carboxylic acids is 3. The van der Waals surface area contributed by atoms with Gasteiger partial charge in [-0.05, 0) is 29.7 Å². The molecule has 2 heterocycles. The van der Waals surface area contributed by atoms with Gasteiger partial charge in [0.05, 0.1) is 12.2 Å². The summed E-state index contributed by atoms with van der Waals surface area (Å²) in [6, 6.07) is 3.98. The molecule has 0 fully saturated rings. The highest BCUT2D eigenvalue weighted by Crippen LogP contribution is 2.30. The number of rotatable bonds is 6. The van der Waals surface area contributed by atoms with Crippen molar-refractivity contribution in [2.24, 2.45) is 5.73 Å². The summed E-state index contributed by atoms with van der Waals surface area (Å²) < 4.78 is 28.9. The summed E-state index contributed by atoms with van der Waals surface area (Å²) in [5.74, 6) is -2.19. The summed E-state index contributed by atoms with van der Waals surface area (Å²) in [7, 11) is 0. The molecule has 8 nitrogen and oxygen atoms in total. The second-order valence-corrected chi connectivity index (χ2v) is 6.53. The van der Waals surface area contributed by atoms with Crippen molar-refractivity contribution in [3.8, 4) is 5.75 Å². The Balaban J connectivity index is 1.57. The molecule has 1 aliphatic heterocycles. The van der Waals surface area contributed by atoms with Crippen LogP contribution in [0.15, 0.2) is 29.7 Å². The zero-order valence-electron chi connectivity index (χ0n) is 14.4. The van der Waals surface area contributed by atoms with Crippen LogP contribution in [0.25, 0.3) is 6.08 Å². The van der Waals surface area contributed by atoms with E-state index in [2.05, 4.69) is 5.32 Å². The molecule has 28 heavy (non-hydrogen) atoms. The molecule has 2 aromatic rings. The van der Waals surface area contributed by atoms with Crippen LogP contribution in [-0.2, 0) is 25.7 Å². The molecule has 0 spiro atoms. The van der Waals surface area contributed by atoms with E-state index in [-0.39, 0.29) is 24.0 Å². The van der Waals surface area contributed by atoms with E-state index in [0.29, 0.717) is 16.9 Å². The summed E-state index contributed by atoms with van der Waals surface area (Å²) in [6.45, 7) is -0.334. The molecule has 1 aromatic heterocycles. The lowest BCUT2D eigenvalue weighted by molar-refractivity contribution is -0.142. The van der Waals surface area contributed by atoms with Crippen LogP contribution in [-0.4, -0.2) is 31.2 Å². The Hall–Kier alpha value is -3.24. The van der Waals surface area contributed by atoms with E-state index in [4.69, 9.17) is 19.9 Å². The molecule has 3 N–H and O–H groups in total. The quantitative estimate of drug-likeness (QED) is 0.560. The summed E-state index contributed by atoms with van der Waals surface area (Å²) in [4.78, 5) is 34.9. The van der Waals surface area contributed by atoms with Gasteiger partial charge in [0, 0.05) is 17.2 Å². The van der Waals surface area contributed by atoms with Crippen molar-refractivity contribution < 1.29 is 33.0 Å². The SMILES string of the molecule is NC(=O)c1ccsc1NC(=O)COC(=O)/C=C/c1cc(F)cc2c1OCOC2. The maximum absolute atomic E-state index is 13.7. The third kappa shape index (κ3) is 4.72. The number of benzene rings is 1. The average molecular weight is 406 g/mol. The first kappa shape index (κ1) is 19.5.